The Labute approximate surface area is 151 Å². The molecule has 0 radical (unpaired) electrons. The van der Waals surface area contributed by atoms with E-state index in [1.54, 1.807) is 12.4 Å². The fraction of sp³-hybridized carbons (Fsp3) is 0.444. The van der Waals surface area contributed by atoms with Crippen molar-refractivity contribution in [2.45, 2.75) is 32.0 Å². The number of nitrogens with zero attached hydrogens (tertiary/aromatic N) is 7. The van der Waals surface area contributed by atoms with Gasteiger partial charge in [0.2, 0.25) is 5.95 Å². The van der Waals surface area contributed by atoms with Gasteiger partial charge in [-0.15, -0.1) is 0 Å². The second-order valence-corrected chi connectivity index (χ2v) is 6.87. The molecular formula is C18H22N8. The van der Waals surface area contributed by atoms with Crippen LogP contribution in [0.15, 0.2) is 36.9 Å². The summed E-state index contributed by atoms with van der Waals surface area (Å²) in [7, 11) is 0. The van der Waals surface area contributed by atoms with Crippen LogP contribution >= 0.6 is 0 Å². The molecule has 5 rings (SSSR count). The fourth-order valence-corrected chi connectivity index (χ4v) is 3.93. The summed E-state index contributed by atoms with van der Waals surface area (Å²) in [4.78, 5) is 15.7. The molecule has 1 unspecified atom stereocenters. The molecule has 0 spiro atoms. The van der Waals surface area contributed by atoms with Gasteiger partial charge in [0.15, 0.2) is 5.82 Å². The molecule has 1 saturated heterocycles. The zero-order valence-electron chi connectivity index (χ0n) is 14.6. The van der Waals surface area contributed by atoms with Crippen LogP contribution in [0.4, 0.5) is 5.95 Å². The Morgan fingerprint density at radius 1 is 1.08 bits per heavy atom. The highest BCUT2D eigenvalue weighted by Crippen LogP contribution is 2.28. The lowest BCUT2D eigenvalue weighted by atomic mass is 10.1. The number of hydrogen-bond acceptors (Lipinski definition) is 6. The van der Waals surface area contributed by atoms with E-state index in [4.69, 9.17) is 5.10 Å². The number of rotatable bonds is 3. The van der Waals surface area contributed by atoms with E-state index in [1.165, 1.54) is 5.69 Å². The summed E-state index contributed by atoms with van der Waals surface area (Å²) < 4.78 is 4.37. The Hall–Kier alpha value is -2.74. The molecule has 26 heavy (non-hydrogen) atoms. The van der Waals surface area contributed by atoms with Crippen molar-refractivity contribution in [2.24, 2.45) is 0 Å². The third-order valence-corrected chi connectivity index (χ3v) is 5.19. The number of nitrogens with one attached hydrogen (secondary N) is 1. The maximum Gasteiger partial charge on any atom is 0.225 e. The van der Waals surface area contributed by atoms with Crippen LogP contribution < -0.4 is 10.2 Å². The van der Waals surface area contributed by atoms with Gasteiger partial charge >= 0.3 is 0 Å². The molecule has 1 fully saturated rings. The van der Waals surface area contributed by atoms with Gasteiger partial charge in [0.1, 0.15) is 5.69 Å². The van der Waals surface area contributed by atoms with Crippen molar-refractivity contribution >= 4 is 5.95 Å². The number of hydrogen-bond donors (Lipinski definition) is 1. The zero-order valence-corrected chi connectivity index (χ0v) is 14.6. The molecular weight excluding hydrogens is 328 g/mol. The van der Waals surface area contributed by atoms with Crippen molar-refractivity contribution in [3.8, 4) is 11.5 Å². The molecule has 0 amide bonds. The zero-order chi connectivity index (χ0) is 17.3. The highest BCUT2D eigenvalue weighted by Gasteiger charge is 2.26. The summed E-state index contributed by atoms with van der Waals surface area (Å²) >= 11 is 0. The molecule has 1 atom stereocenters. The SMILES string of the molecule is c1cnc(N2CCCC(n3ccnc3-c3cc4n(n3)CCNC4)C2)nc1. The maximum absolute atomic E-state index is 4.78. The van der Waals surface area contributed by atoms with Crippen molar-refractivity contribution in [3.63, 3.8) is 0 Å². The minimum Gasteiger partial charge on any atom is -0.339 e. The van der Waals surface area contributed by atoms with Gasteiger partial charge in [-0.05, 0) is 25.0 Å². The van der Waals surface area contributed by atoms with Crippen LogP contribution in [-0.4, -0.2) is 48.9 Å². The standard InChI is InChI=1S/C18H22N8/c1-3-14(13-24(8-1)18-21-4-2-5-22-18)25-9-7-20-17(25)16-11-15-12-19-6-10-26(15)23-16/h2,4-5,7,9,11,14,19H,1,3,6,8,10,12-13H2. The molecule has 3 aromatic heterocycles. The van der Waals surface area contributed by atoms with E-state index in [0.29, 0.717) is 6.04 Å². The van der Waals surface area contributed by atoms with Crippen molar-refractivity contribution in [3.05, 3.63) is 42.6 Å². The van der Waals surface area contributed by atoms with Gasteiger partial charge < -0.3 is 14.8 Å². The fourth-order valence-electron chi connectivity index (χ4n) is 3.93. The summed E-state index contributed by atoms with van der Waals surface area (Å²) in [5, 5.41) is 8.17. The topological polar surface area (TPSA) is 76.7 Å². The van der Waals surface area contributed by atoms with Crippen molar-refractivity contribution < 1.29 is 0 Å². The lowest BCUT2D eigenvalue weighted by Gasteiger charge is -2.33. The smallest absolute Gasteiger partial charge is 0.225 e. The lowest BCUT2D eigenvalue weighted by Crippen LogP contribution is -2.37. The predicted octanol–water partition coefficient (Wildman–Crippen LogP) is 1.48. The molecule has 0 aliphatic carbocycles. The first kappa shape index (κ1) is 15.5. The third kappa shape index (κ3) is 2.76. The average molecular weight is 350 g/mol. The summed E-state index contributed by atoms with van der Waals surface area (Å²) in [5.74, 6) is 1.76. The van der Waals surface area contributed by atoms with Crippen LogP contribution in [0.5, 0.6) is 0 Å². The summed E-state index contributed by atoms with van der Waals surface area (Å²) in [6.45, 7) is 4.64. The Balaban J connectivity index is 1.42. The van der Waals surface area contributed by atoms with Crippen LogP contribution in [0.25, 0.3) is 11.5 Å². The first-order chi connectivity index (χ1) is 12.9. The summed E-state index contributed by atoms with van der Waals surface area (Å²) in [6, 6.07) is 4.36. The van der Waals surface area contributed by atoms with Crippen molar-refractivity contribution in [2.75, 3.05) is 24.5 Å². The Morgan fingerprint density at radius 3 is 2.88 bits per heavy atom. The van der Waals surface area contributed by atoms with Crippen LogP contribution in [-0.2, 0) is 13.1 Å². The monoisotopic (exact) mass is 350 g/mol. The van der Waals surface area contributed by atoms with Gasteiger partial charge in [-0.2, -0.15) is 5.10 Å². The highest BCUT2D eigenvalue weighted by molar-refractivity contribution is 5.51. The van der Waals surface area contributed by atoms with Gasteiger partial charge in [0, 0.05) is 51.0 Å². The molecule has 2 aliphatic rings. The van der Waals surface area contributed by atoms with Crippen LogP contribution in [0.1, 0.15) is 24.6 Å². The lowest BCUT2D eigenvalue weighted by molar-refractivity contribution is 0.404. The molecule has 134 valence electrons. The normalized spacial score (nSPS) is 20.2. The van der Waals surface area contributed by atoms with Gasteiger partial charge in [-0.1, -0.05) is 0 Å². The molecule has 3 aromatic rings. The van der Waals surface area contributed by atoms with Gasteiger partial charge in [0.25, 0.3) is 0 Å². The van der Waals surface area contributed by atoms with Crippen molar-refractivity contribution in [1.29, 1.82) is 0 Å². The molecule has 0 bridgehead atoms. The predicted molar refractivity (Wildman–Crippen MR) is 97.7 cm³/mol. The Kier molecular flexibility index (Phi) is 3.89. The minimum absolute atomic E-state index is 0.349. The van der Waals surface area contributed by atoms with E-state index in [2.05, 4.69) is 46.7 Å². The number of aromatic nitrogens is 6. The van der Waals surface area contributed by atoms with Crippen molar-refractivity contribution in [1.82, 2.24) is 34.6 Å². The second-order valence-electron chi connectivity index (χ2n) is 6.87. The number of anilines is 1. The quantitative estimate of drug-likeness (QED) is 0.771. The third-order valence-electron chi connectivity index (χ3n) is 5.19. The largest absolute Gasteiger partial charge is 0.339 e. The van der Waals surface area contributed by atoms with Gasteiger partial charge in [-0.25, -0.2) is 15.0 Å². The first-order valence-corrected chi connectivity index (χ1v) is 9.21. The van der Waals surface area contributed by atoms with E-state index in [0.717, 1.165) is 63.0 Å². The van der Waals surface area contributed by atoms with E-state index in [9.17, 15) is 0 Å². The average Bonchev–Trinajstić information content (AvgIpc) is 3.35. The van der Waals surface area contributed by atoms with E-state index < -0.39 is 0 Å². The Bertz CT molecular complexity index is 860. The number of piperidine rings is 1. The molecule has 2 aliphatic heterocycles. The Morgan fingerprint density at radius 2 is 2.00 bits per heavy atom. The molecule has 8 nitrogen and oxygen atoms in total. The molecule has 0 saturated carbocycles. The molecule has 5 heterocycles. The summed E-state index contributed by atoms with van der Waals surface area (Å²) in [6.07, 6.45) is 9.80. The minimum atomic E-state index is 0.349. The maximum atomic E-state index is 4.78. The summed E-state index contributed by atoms with van der Waals surface area (Å²) in [5.41, 5.74) is 2.19. The molecule has 1 N–H and O–H groups in total. The van der Waals surface area contributed by atoms with Crippen LogP contribution in [0, 0.1) is 0 Å². The molecule has 8 heteroatoms. The van der Waals surface area contributed by atoms with Crippen LogP contribution in [0.3, 0.4) is 0 Å². The van der Waals surface area contributed by atoms with Gasteiger partial charge in [-0.3, -0.25) is 4.68 Å². The first-order valence-electron chi connectivity index (χ1n) is 9.21. The van der Waals surface area contributed by atoms with Gasteiger partial charge in [0.05, 0.1) is 18.3 Å². The van der Waals surface area contributed by atoms with E-state index in [1.807, 2.05) is 12.3 Å². The number of fused-ring (bicyclic) bond motifs is 1. The second kappa shape index (κ2) is 6.53. The van der Waals surface area contributed by atoms with E-state index in [-0.39, 0.29) is 0 Å². The number of imidazole rings is 1. The van der Waals surface area contributed by atoms with E-state index >= 15 is 0 Å². The highest BCUT2D eigenvalue weighted by atomic mass is 15.3. The van der Waals surface area contributed by atoms with Crippen LogP contribution in [0.2, 0.25) is 0 Å². The molecule has 0 aromatic carbocycles.